The molecule has 0 saturated heterocycles. The van der Waals surface area contributed by atoms with Crippen molar-refractivity contribution in [2.24, 2.45) is 0 Å². The highest BCUT2D eigenvalue weighted by molar-refractivity contribution is 7.99. The van der Waals surface area contributed by atoms with Crippen LogP contribution in [0.15, 0.2) is 53.7 Å². The van der Waals surface area contributed by atoms with Gasteiger partial charge in [0, 0.05) is 5.56 Å². The fraction of sp³-hybridized carbons (Fsp3) is 0.267. The fourth-order valence-corrected chi connectivity index (χ4v) is 5.24. The molecule has 0 saturated carbocycles. The molecule has 0 atom stereocenters. The minimum Gasteiger partial charge on any atom is -0.493 e. The molecular formula is C30H29ClF3N5O5S. The van der Waals surface area contributed by atoms with Gasteiger partial charge in [0.15, 0.2) is 22.5 Å². The Labute approximate surface area is 266 Å². The van der Waals surface area contributed by atoms with Crippen LogP contribution in [0, 0.1) is 13.8 Å². The number of benzene rings is 3. The van der Waals surface area contributed by atoms with Crippen LogP contribution < -0.4 is 24.8 Å². The largest absolute Gasteiger partial charge is 0.493 e. The number of ether oxygens (including phenoxy) is 3. The van der Waals surface area contributed by atoms with Gasteiger partial charge < -0.3 is 24.8 Å². The maximum atomic E-state index is 13.2. The number of alkyl halides is 3. The minimum absolute atomic E-state index is 0.0370. The number of anilines is 1. The van der Waals surface area contributed by atoms with Gasteiger partial charge in [0.1, 0.15) is 0 Å². The standard InChI is InChI=1S/C30H29ClF3N5O5S/c1-16-7-6-8-22(17(16)2)39-25(14-35-28(41)18-11-23(42-3)27(44-5)24(12-18)43-4)37-38-29(39)45-15-26(40)36-21-13-19(30(32,33)34)9-10-20(21)31/h6-13H,14-15H2,1-5H3,(H,35,41)(H,36,40). The molecule has 45 heavy (non-hydrogen) atoms. The van der Waals surface area contributed by atoms with Gasteiger partial charge in [0.05, 0.1) is 55.6 Å². The number of hydrogen-bond acceptors (Lipinski definition) is 8. The third-order valence-electron chi connectivity index (χ3n) is 6.75. The van der Waals surface area contributed by atoms with Gasteiger partial charge in [-0.25, -0.2) is 0 Å². The summed E-state index contributed by atoms with van der Waals surface area (Å²) < 4.78 is 57.2. The van der Waals surface area contributed by atoms with Crippen molar-refractivity contribution in [1.29, 1.82) is 0 Å². The van der Waals surface area contributed by atoms with Crippen LogP contribution in [0.5, 0.6) is 17.2 Å². The molecule has 0 radical (unpaired) electrons. The minimum atomic E-state index is -4.60. The maximum absolute atomic E-state index is 13.2. The van der Waals surface area contributed by atoms with E-state index < -0.39 is 23.6 Å². The monoisotopic (exact) mass is 663 g/mol. The topological polar surface area (TPSA) is 117 Å². The van der Waals surface area contributed by atoms with Crippen LogP contribution in [0.3, 0.4) is 0 Å². The summed E-state index contributed by atoms with van der Waals surface area (Å²) in [5, 5.41) is 14.1. The molecule has 0 aliphatic carbocycles. The second-order valence-corrected chi connectivity index (χ2v) is 10.9. The van der Waals surface area contributed by atoms with Crippen molar-refractivity contribution in [3.8, 4) is 22.9 Å². The first-order valence-electron chi connectivity index (χ1n) is 13.3. The first kappa shape index (κ1) is 33.5. The van der Waals surface area contributed by atoms with E-state index in [-0.39, 0.29) is 28.6 Å². The predicted octanol–water partition coefficient (Wildman–Crippen LogP) is 6.24. The van der Waals surface area contributed by atoms with Crippen LogP contribution in [0.25, 0.3) is 5.69 Å². The lowest BCUT2D eigenvalue weighted by atomic mass is 10.1. The Balaban J connectivity index is 1.57. The Morgan fingerprint density at radius 3 is 2.29 bits per heavy atom. The van der Waals surface area contributed by atoms with Crippen LogP contribution in [0.4, 0.5) is 18.9 Å². The maximum Gasteiger partial charge on any atom is 0.416 e. The molecule has 15 heteroatoms. The van der Waals surface area contributed by atoms with Gasteiger partial charge in [-0.2, -0.15) is 13.2 Å². The van der Waals surface area contributed by atoms with E-state index in [9.17, 15) is 22.8 Å². The molecular weight excluding hydrogens is 635 g/mol. The van der Waals surface area contributed by atoms with E-state index >= 15 is 0 Å². The second kappa shape index (κ2) is 14.1. The number of thioether (sulfide) groups is 1. The lowest BCUT2D eigenvalue weighted by Crippen LogP contribution is -2.25. The van der Waals surface area contributed by atoms with E-state index in [0.29, 0.717) is 28.2 Å². The first-order chi connectivity index (χ1) is 21.4. The Hall–Kier alpha value is -4.43. The first-order valence-corrected chi connectivity index (χ1v) is 14.6. The number of carbonyl (C=O) groups is 2. The van der Waals surface area contributed by atoms with Crippen molar-refractivity contribution in [2.75, 3.05) is 32.4 Å². The highest BCUT2D eigenvalue weighted by Crippen LogP contribution is 2.38. The van der Waals surface area contributed by atoms with E-state index in [4.69, 9.17) is 25.8 Å². The number of aryl methyl sites for hydroxylation is 1. The van der Waals surface area contributed by atoms with Crippen molar-refractivity contribution in [3.05, 3.63) is 81.6 Å². The van der Waals surface area contributed by atoms with Crippen LogP contribution in [-0.2, 0) is 17.5 Å². The highest BCUT2D eigenvalue weighted by atomic mass is 35.5. The van der Waals surface area contributed by atoms with Gasteiger partial charge in [0.2, 0.25) is 11.7 Å². The number of nitrogens with one attached hydrogen (secondary N) is 2. The van der Waals surface area contributed by atoms with Crippen molar-refractivity contribution < 1.29 is 37.0 Å². The predicted molar refractivity (Wildman–Crippen MR) is 164 cm³/mol. The van der Waals surface area contributed by atoms with Crippen molar-refractivity contribution >= 4 is 40.9 Å². The SMILES string of the molecule is COc1cc(C(=O)NCc2nnc(SCC(=O)Nc3cc(C(F)(F)F)ccc3Cl)n2-c2cccc(C)c2C)cc(OC)c1OC. The number of rotatable bonds is 11. The Bertz CT molecular complexity index is 1710. The summed E-state index contributed by atoms with van der Waals surface area (Å²) >= 11 is 7.05. The number of halogens is 4. The summed E-state index contributed by atoms with van der Waals surface area (Å²) in [4.78, 5) is 26.0. The number of hydrogen-bond donors (Lipinski definition) is 2. The van der Waals surface area contributed by atoms with Crippen LogP contribution >= 0.6 is 23.4 Å². The number of methoxy groups -OCH3 is 3. The summed E-state index contributed by atoms with van der Waals surface area (Å²) in [6.07, 6.45) is -4.60. The Morgan fingerprint density at radius 2 is 1.67 bits per heavy atom. The molecule has 10 nitrogen and oxygen atoms in total. The molecule has 0 unspecified atom stereocenters. The lowest BCUT2D eigenvalue weighted by molar-refractivity contribution is -0.137. The van der Waals surface area contributed by atoms with Crippen molar-refractivity contribution in [1.82, 2.24) is 20.1 Å². The second-order valence-electron chi connectivity index (χ2n) is 9.58. The van der Waals surface area contributed by atoms with Crippen molar-refractivity contribution in [3.63, 3.8) is 0 Å². The zero-order valence-electron chi connectivity index (χ0n) is 24.8. The van der Waals surface area contributed by atoms with Crippen LogP contribution in [0.1, 0.15) is 32.9 Å². The molecule has 0 aliphatic rings. The average molecular weight is 664 g/mol. The molecule has 0 aliphatic heterocycles. The van der Waals surface area contributed by atoms with E-state index in [1.54, 1.807) is 4.57 Å². The van der Waals surface area contributed by atoms with Crippen molar-refractivity contribution in [2.45, 2.75) is 31.7 Å². The summed E-state index contributed by atoms with van der Waals surface area (Å²) in [5.74, 6) is 0.0617. The molecule has 2 N–H and O–H groups in total. The van der Waals surface area contributed by atoms with Crippen LogP contribution in [-0.4, -0.2) is 53.7 Å². The molecule has 2 amide bonds. The van der Waals surface area contributed by atoms with Gasteiger partial charge >= 0.3 is 6.18 Å². The number of aromatic nitrogens is 3. The summed E-state index contributed by atoms with van der Waals surface area (Å²) in [6.45, 7) is 3.82. The van der Waals surface area contributed by atoms with Gasteiger partial charge in [-0.1, -0.05) is 35.5 Å². The van der Waals surface area contributed by atoms with E-state index in [2.05, 4.69) is 20.8 Å². The Morgan fingerprint density at radius 1 is 0.978 bits per heavy atom. The summed E-state index contributed by atoms with van der Waals surface area (Å²) in [6, 6.07) is 11.4. The molecule has 4 rings (SSSR count). The fourth-order valence-electron chi connectivity index (χ4n) is 4.32. The third kappa shape index (κ3) is 7.63. The van der Waals surface area contributed by atoms with Gasteiger partial charge in [0.25, 0.3) is 5.91 Å². The highest BCUT2D eigenvalue weighted by Gasteiger charge is 2.31. The third-order valence-corrected chi connectivity index (χ3v) is 8.01. The summed E-state index contributed by atoms with van der Waals surface area (Å²) in [5.41, 5.74) is 1.77. The summed E-state index contributed by atoms with van der Waals surface area (Å²) in [7, 11) is 4.35. The molecule has 3 aromatic carbocycles. The normalized spacial score (nSPS) is 11.2. The molecule has 1 heterocycles. The number of nitrogens with zero attached hydrogens (tertiary/aromatic N) is 3. The zero-order chi connectivity index (χ0) is 32.9. The molecule has 1 aromatic heterocycles. The molecule has 0 bridgehead atoms. The van der Waals surface area contributed by atoms with Gasteiger partial charge in [-0.3, -0.25) is 14.2 Å². The molecule has 238 valence electrons. The van der Waals surface area contributed by atoms with Gasteiger partial charge in [-0.15, -0.1) is 10.2 Å². The smallest absolute Gasteiger partial charge is 0.416 e. The lowest BCUT2D eigenvalue weighted by Gasteiger charge is -2.16. The Kier molecular flexibility index (Phi) is 10.5. The van der Waals surface area contributed by atoms with Crippen LogP contribution in [0.2, 0.25) is 5.02 Å². The number of carbonyl (C=O) groups excluding carboxylic acids is 2. The zero-order valence-corrected chi connectivity index (χ0v) is 26.4. The van der Waals surface area contributed by atoms with Gasteiger partial charge in [-0.05, 0) is 61.4 Å². The molecule has 0 fully saturated rings. The quantitative estimate of drug-likeness (QED) is 0.181. The number of amides is 2. The molecule has 0 spiro atoms. The van der Waals surface area contributed by atoms with E-state index in [0.717, 1.165) is 46.8 Å². The molecule has 4 aromatic rings. The van der Waals surface area contributed by atoms with E-state index in [1.165, 1.54) is 33.5 Å². The average Bonchev–Trinajstić information content (AvgIpc) is 3.42. The van der Waals surface area contributed by atoms with E-state index in [1.807, 2.05) is 32.0 Å².